The number of hydrogen-bond acceptors (Lipinski definition) is 2. The van der Waals surface area contributed by atoms with Crippen LogP contribution in [0.3, 0.4) is 0 Å². The van der Waals surface area contributed by atoms with Crippen molar-refractivity contribution < 1.29 is 0 Å². The van der Waals surface area contributed by atoms with Gasteiger partial charge in [0.1, 0.15) is 5.15 Å². The van der Waals surface area contributed by atoms with E-state index in [1.807, 2.05) is 12.1 Å². The molecule has 2 heterocycles. The minimum Gasteiger partial charge on any atom is -0.297 e. The highest BCUT2D eigenvalue weighted by Crippen LogP contribution is 2.34. The highest BCUT2D eigenvalue weighted by molar-refractivity contribution is 6.29. The molecule has 94 valence electrons. The van der Waals surface area contributed by atoms with E-state index in [2.05, 4.69) is 29.8 Å². The summed E-state index contributed by atoms with van der Waals surface area (Å²) >= 11 is 5.90. The molecule has 0 N–H and O–H groups in total. The SMILES string of the molecule is CCC1(C)CCN(Cc2cccc(Cl)n2)CC1. The van der Waals surface area contributed by atoms with Gasteiger partial charge in [0.25, 0.3) is 0 Å². The normalized spacial score (nSPS) is 20.4. The summed E-state index contributed by atoms with van der Waals surface area (Å²) in [5.41, 5.74) is 1.63. The van der Waals surface area contributed by atoms with Gasteiger partial charge in [-0.25, -0.2) is 4.98 Å². The minimum atomic E-state index is 0.554. The molecule has 0 unspecified atom stereocenters. The van der Waals surface area contributed by atoms with E-state index in [-0.39, 0.29) is 0 Å². The largest absolute Gasteiger partial charge is 0.297 e. The summed E-state index contributed by atoms with van der Waals surface area (Å²) in [6.07, 6.45) is 3.88. The summed E-state index contributed by atoms with van der Waals surface area (Å²) in [4.78, 5) is 6.83. The number of halogens is 1. The Bertz CT molecular complexity index is 370. The topological polar surface area (TPSA) is 16.1 Å². The summed E-state index contributed by atoms with van der Waals surface area (Å²) in [7, 11) is 0. The maximum absolute atomic E-state index is 5.90. The van der Waals surface area contributed by atoms with Gasteiger partial charge in [0.15, 0.2) is 0 Å². The van der Waals surface area contributed by atoms with E-state index in [4.69, 9.17) is 11.6 Å². The zero-order valence-electron chi connectivity index (χ0n) is 10.7. The van der Waals surface area contributed by atoms with E-state index in [1.165, 1.54) is 32.4 Å². The minimum absolute atomic E-state index is 0.554. The van der Waals surface area contributed by atoms with Gasteiger partial charge in [-0.15, -0.1) is 0 Å². The average molecular weight is 253 g/mol. The fourth-order valence-corrected chi connectivity index (χ4v) is 2.55. The first-order chi connectivity index (χ1) is 8.11. The Hall–Kier alpha value is -0.600. The van der Waals surface area contributed by atoms with Crippen LogP contribution in [-0.2, 0) is 6.54 Å². The number of hydrogen-bond donors (Lipinski definition) is 0. The van der Waals surface area contributed by atoms with E-state index in [9.17, 15) is 0 Å². The molecule has 0 aromatic carbocycles. The lowest BCUT2D eigenvalue weighted by Crippen LogP contribution is -2.38. The molecular weight excluding hydrogens is 232 g/mol. The molecular formula is C14H21ClN2. The predicted octanol–water partition coefficient (Wildman–Crippen LogP) is 3.75. The second-order valence-electron chi connectivity index (χ2n) is 5.39. The van der Waals surface area contributed by atoms with Crippen LogP contribution in [0.1, 0.15) is 38.8 Å². The second-order valence-corrected chi connectivity index (χ2v) is 5.78. The van der Waals surface area contributed by atoms with Gasteiger partial charge in [0.2, 0.25) is 0 Å². The lowest BCUT2D eigenvalue weighted by molar-refractivity contribution is 0.109. The van der Waals surface area contributed by atoms with E-state index >= 15 is 0 Å². The third-order valence-electron chi connectivity index (χ3n) is 4.08. The molecule has 1 aliphatic heterocycles. The standard InChI is InChI=1S/C14H21ClN2/c1-3-14(2)7-9-17(10-8-14)11-12-5-4-6-13(15)16-12/h4-6H,3,7-11H2,1-2H3. The van der Waals surface area contributed by atoms with Crippen molar-refractivity contribution in [1.29, 1.82) is 0 Å². The van der Waals surface area contributed by atoms with Crippen LogP contribution in [0.5, 0.6) is 0 Å². The van der Waals surface area contributed by atoms with E-state index in [0.717, 1.165) is 12.2 Å². The van der Waals surface area contributed by atoms with E-state index in [0.29, 0.717) is 10.6 Å². The van der Waals surface area contributed by atoms with Gasteiger partial charge >= 0.3 is 0 Å². The Morgan fingerprint density at radius 2 is 2.06 bits per heavy atom. The fourth-order valence-electron chi connectivity index (χ4n) is 2.37. The third-order valence-corrected chi connectivity index (χ3v) is 4.29. The Balaban J connectivity index is 1.90. The Labute approximate surface area is 109 Å². The monoisotopic (exact) mass is 252 g/mol. The quantitative estimate of drug-likeness (QED) is 0.762. The van der Waals surface area contributed by atoms with Crippen LogP contribution < -0.4 is 0 Å². The molecule has 0 spiro atoms. The Morgan fingerprint density at radius 1 is 1.35 bits per heavy atom. The lowest BCUT2D eigenvalue weighted by atomic mass is 9.78. The van der Waals surface area contributed by atoms with Gasteiger partial charge in [0, 0.05) is 6.54 Å². The molecule has 1 aromatic rings. The predicted molar refractivity (Wildman–Crippen MR) is 72.2 cm³/mol. The van der Waals surface area contributed by atoms with Crippen LogP contribution in [0.2, 0.25) is 5.15 Å². The second kappa shape index (κ2) is 5.36. The molecule has 1 aromatic heterocycles. The van der Waals surface area contributed by atoms with Crippen LogP contribution >= 0.6 is 11.6 Å². The maximum Gasteiger partial charge on any atom is 0.129 e. The van der Waals surface area contributed by atoms with Crippen LogP contribution in [0.25, 0.3) is 0 Å². The summed E-state index contributed by atoms with van der Waals surface area (Å²) in [5.74, 6) is 0. The van der Waals surface area contributed by atoms with Crippen molar-refractivity contribution in [3.05, 3.63) is 29.0 Å². The van der Waals surface area contributed by atoms with E-state index < -0.39 is 0 Å². The number of rotatable bonds is 3. The number of nitrogens with zero attached hydrogens (tertiary/aromatic N) is 2. The molecule has 0 saturated carbocycles. The fraction of sp³-hybridized carbons (Fsp3) is 0.643. The number of pyridine rings is 1. The molecule has 3 heteroatoms. The van der Waals surface area contributed by atoms with E-state index in [1.54, 1.807) is 0 Å². The first kappa shape index (κ1) is 12.8. The maximum atomic E-state index is 5.90. The van der Waals surface area contributed by atoms with Gasteiger partial charge in [0.05, 0.1) is 5.69 Å². The van der Waals surface area contributed by atoms with Crippen molar-refractivity contribution >= 4 is 11.6 Å². The Morgan fingerprint density at radius 3 is 2.65 bits per heavy atom. The number of likely N-dealkylation sites (tertiary alicyclic amines) is 1. The first-order valence-corrected chi connectivity index (χ1v) is 6.83. The first-order valence-electron chi connectivity index (χ1n) is 6.45. The zero-order chi connectivity index (χ0) is 12.3. The molecule has 1 saturated heterocycles. The molecule has 2 rings (SSSR count). The summed E-state index contributed by atoms with van der Waals surface area (Å²) in [6, 6.07) is 5.86. The van der Waals surface area contributed by atoms with Gasteiger partial charge in [-0.1, -0.05) is 37.9 Å². The van der Waals surface area contributed by atoms with Gasteiger partial charge in [-0.2, -0.15) is 0 Å². The molecule has 0 radical (unpaired) electrons. The van der Waals surface area contributed by atoms with Crippen molar-refractivity contribution in [3.8, 4) is 0 Å². The van der Waals surface area contributed by atoms with Crippen molar-refractivity contribution in [2.24, 2.45) is 5.41 Å². The highest BCUT2D eigenvalue weighted by atomic mass is 35.5. The average Bonchev–Trinajstić information content (AvgIpc) is 2.33. The van der Waals surface area contributed by atoms with Gasteiger partial charge < -0.3 is 0 Å². The molecule has 0 atom stereocenters. The number of aromatic nitrogens is 1. The summed E-state index contributed by atoms with van der Waals surface area (Å²) < 4.78 is 0. The molecule has 0 bridgehead atoms. The third kappa shape index (κ3) is 3.43. The zero-order valence-corrected chi connectivity index (χ0v) is 11.5. The Kier molecular flexibility index (Phi) is 4.05. The summed E-state index contributed by atoms with van der Waals surface area (Å²) in [5, 5.41) is 0.595. The van der Waals surface area contributed by atoms with Crippen molar-refractivity contribution in [1.82, 2.24) is 9.88 Å². The van der Waals surface area contributed by atoms with Crippen molar-refractivity contribution in [2.75, 3.05) is 13.1 Å². The van der Waals surface area contributed by atoms with Crippen LogP contribution in [0.4, 0.5) is 0 Å². The molecule has 0 amide bonds. The molecule has 17 heavy (non-hydrogen) atoms. The molecule has 0 aliphatic carbocycles. The van der Waals surface area contributed by atoms with Gasteiger partial charge in [-0.3, -0.25) is 4.90 Å². The van der Waals surface area contributed by atoms with Crippen LogP contribution in [0, 0.1) is 5.41 Å². The highest BCUT2D eigenvalue weighted by Gasteiger charge is 2.28. The molecule has 1 fully saturated rings. The van der Waals surface area contributed by atoms with Crippen molar-refractivity contribution in [2.45, 2.75) is 39.7 Å². The molecule has 1 aliphatic rings. The smallest absolute Gasteiger partial charge is 0.129 e. The van der Waals surface area contributed by atoms with Crippen LogP contribution in [-0.4, -0.2) is 23.0 Å². The molecule has 2 nitrogen and oxygen atoms in total. The van der Waals surface area contributed by atoms with Crippen molar-refractivity contribution in [3.63, 3.8) is 0 Å². The van der Waals surface area contributed by atoms with Gasteiger partial charge in [-0.05, 0) is 43.5 Å². The number of piperidine rings is 1. The lowest BCUT2D eigenvalue weighted by Gasteiger charge is -2.38. The van der Waals surface area contributed by atoms with Crippen LogP contribution in [0.15, 0.2) is 18.2 Å². The summed E-state index contributed by atoms with van der Waals surface area (Å²) in [6.45, 7) is 7.99.